The third-order valence-electron chi connectivity index (χ3n) is 10.3. The molecule has 0 saturated carbocycles. The summed E-state index contributed by atoms with van der Waals surface area (Å²) in [7, 11) is 0. The Morgan fingerprint density at radius 1 is 0.460 bits per heavy atom. The Hall–Kier alpha value is -0.870. The van der Waals surface area contributed by atoms with Gasteiger partial charge in [-0.25, -0.2) is 0 Å². The van der Waals surface area contributed by atoms with Gasteiger partial charge in [0.2, 0.25) is 0 Å². The summed E-state index contributed by atoms with van der Waals surface area (Å²) < 4.78 is 11.2. The number of hydrogen-bond donors (Lipinski definition) is 1. The molecule has 0 heterocycles. The Morgan fingerprint density at radius 2 is 0.780 bits per heavy atom. The van der Waals surface area contributed by atoms with Gasteiger partial charge in [0.05, 0.1) is 13.2 Å². The summed E-state index contributed by atoms with van der Waals surface area (Å²) in [6, 6.07) is 0. The Balaban J connectivity index is 3.34. The molecule has 0 radical (unpaired) electrons. The normalized spacial score (nSPS) is 12.3. The number of carbonyl (C=O) groups is 1. The van der Waals surface area contributed by atoms with Gasteiger partial charge >= 0.3 is 5.97 Å². The number of unbranched alkanes of at least 4 members (excludes halogenated alkanes) is 33. The van der Waals surface area contributed by atoms with Crippen LogP contribution in [0.4, 0.5) is 0 Å². The summed E-state index contributed by atoms with van der Waals surface area (Å²) in [5.74, 6) is -0.204. The molecule has 0 spiro atoms. The lowest BCUT2D eigenvalue weighted by Gasteiger charge is -2.15. The third-order valence-corrected chi connectivity index (χ3v) is 10.3. The number of carbonyl (C=O) groups excluding carboxylic acids is 1. The minimum Gasteiger partial charge on any atom is -0.457 e. The van der Waals surface area contributed by atoms with E-state index in [9.17, 15) is 9.90 Å². The van der Waals surface area contributed by atoms with Gasteiger partial charge in [0, 0.05) is 13.0 Å². The Bertz CT molecular complexity index is 663. The van der Waals surface area contributed by atoms with Gasteiger partial charge in [0.1, 0.15) is 6.10 Å². The van der Waals surface area contributed by atoms with Crippen molar-refractivity contribution < 1.29 is 19.4 Å². The van der Waals surface area contributed by atoms with Crippen molar-refractivity contribution in [2.75, 3.05) is 19.8 Å². The van der Waals surface area contributed by atoms with Crippen LogP contribution in [-0.2, 0) is 14.3 Å². The molecule has 1 unspecified atom stereocenters. The van der Waals surface area contributed by atoms with Crippen LogP contribution in [0.2, 0.25) is 0 Å². The van der Waals surface area contributed by atoms with Gasteiger partial charge in [-0.3, -0.25) is 4.79 Å². The highest BCUT2D eigenvalue weighted by atomic mass is 16.6. The minimum absolute atomic E-state index is 0.169. The monoisotopic (exact) mass is 707 g/mol. The molecule has 0 aliphatic rings. The van der Waals surface area contributed by atoms with Crippen molar-refractivity contribution >= 4 is 5.97 Å². The van der Waals surface area contributed by atoms with E-state index in [1.54, 1.807) is 0 Å². The molecule has 298 valence electrons. The van der Waals surface area contributed by atoms with Crippen LogP contribution in [0.5, 0.6) is 0 Å². The van der Waals surface area contributed by atoms with Crippen LogP contribution in [0, 0.1) is 0 Å². The van der Waals surface area contributed by atoms with E-state index in [0.29, 0.717) is 19.6 Å². The molecule has 50 heavy (non-hydrogen) atoms. The van der Waals surface area contributed by atoms with Gasteiger partial charge in [0.15, 0.2) is 0 Å². The number of allylic oxidation sites excluding steroid dienone is 2. The van der Waals surface area contributed by atoms with Crippen LogP contribution in [0.15, 0.2) is 12.2 Å². The summed E-state index contributed by atoms with van der Waals surface area (Å²) in [6.07, 6.45) is 52.9. The van der Waals surface area contributed by atoms with E-state index >= 15 is 0 Å². The molecule has 4 heteroatoms. The standard InChI is InChI=1S/C46H90O4/c1-3-5-7-9-11-13-15-17-19-20-21-22-23-24-25-26-27-28-30-32-34-36-38-40-42-49-44-45(43-47)50-46(48)41-39-37-35-33-31-29-18-16-14-12-10-8-6-4-2/h16,18,45,47H,3-15,17,19-44H2,1-2H3/b18-16-. The van der Waals surface area contributed by atoms with Crippen molar-refractivity contribution in [1.29, 1.82) is 0 Å². The molecule has 0 aromatic rings. The van der Waals surface area contributed by atoms with Crippen molar-refractivity contribution in [3.05, 3.63) is 12.2 Å². The molecule has 4 nitrogen and oxygen atoms in total. The largest absolute Gasteiger partial charge is 0.457 e. The number of aliphatic hydroxyl groups excluding tert-OH is 1. The average molecular weight is 707 g/mol. The van der Waals surface area contributed by atoms with Gasteiger partial charge in [0.25, 0.3) is 0 Å². The second kappa shape index (κ2) is 44.3. The quantitative estimate of drug-likeness (QED) is 0.0390. The third kappa shape index (κ3) is 41.5. The van der Waals surface area contributed by atoms with Crippen LogP contribution in [-0.4, -0.2) is 37.0 Å². The number of hydrogen-bond acceptors (Lipinski definition) is 4. The Kier molecular flexibility index (Phi) is 43.5. The lowest BCUT2D eigenvalue weighted by molar-refractivity contribution is -0.154. The molecule has 0 aromatic heterocycles. The zero-order valence-corrected chi connectivity index (χ0v) is 34.2. The van der Waals surface area contributed by atoms with E-state index in [4.69, 9.17) is 9.47 Å². The SMILES string of the molecule is CCCCCCC/C=C\CCCCCCCC(=O)OC(CO)COCCCCCCCCCCCCCCCCCCCCCCCCCC. The van der Waals surface area contributed by atoms with E-state index in [2.05, 4.69) is 26.0 Å². The maximum atomic E-state index is 12.2. The molecule has 0 bridgehead atoms. The van der Waals surface area contributed by atoms with Crippen molar-refractivity contribution in [2.45, 2.75) is 258 Å². The first kappa shape index (κ1) is 49.1. The van der Waals surface area contributed by atoms with Gasteiger partial charge in [-0.1, -0.05) is 219 Å². The fourth-order valence-electron chi connectivity index (χ4n) is 6.91. The Morgan fingerprint density at radius 3 is 1.14 bits per heavy atom. The lowest BCUT2D eigenvalue weighted by Crippen LogP contribution is -2.27. The van der Waals surface area contributed by atoms with Crippen molar-refractivity contribution in [1.82, 2.24) is 0 Å². The van der Waals surface area contributed by atoms with Gasteiger partial charge < -0.3 is 14.6 Å². The van der Waals surface area contributed by atoms with Crippen LogP contribution in [0.25, 0.3) is 0 Å². The van der Waals surface area contributed by atoms with E-state index in [-0.39, 0.29) is 12.6 Å². The smallest absolute Gasteiger partial charge is 0.306 e. The van der Waals surface area contributed by atoms with Crippen LogP contribution >= 0.6 is 0 Å². The summed E-state index contributed by atoms with van der Waals surface area (Å²) in [6.45, 7) is 5.37. The van der Waals surface area contributed by atoms with E-state index in [1.165, 1.54) is 212 Å². The molecule has 0 aliphatic carbocycles. The molecular formula is C46H90O4. The van der Waals surface area contributed by atoms with Crippen molar-refractivity contribution in [3.63, 3.8) is 0 Å². The molecule has 0 aliphatic heterocycles. The zero-order chi connectivity index (χ0) is 36.3. The molecule has 0 fully saturated rings. The summed E-state index contributed by atoms with van der Waals surface area (Å²) in [4.78, 5) is 12.2. The van der Waals surface area contributed by atoms with Crippen molar-refractivity contribution in [3.8, 4) is 0 Å². The Labute approximate surface area is 314 Å². The first-order valence-corrected chi connectivity index (χ1v) is 22.8. The maximum absolute atomic E-state index is 12.2. The topological polar surface area (TPSA) is 55.8 Å². The highest BCUT2D eigenvalue weighted by Crippen LogP contribution is 2.16. The molecule has 0 aromatic carbocycles. The highest BCUT2D eigenvalue weighted by molar-refractivity contribution is 5.69. The predicted molar refractivity (Wildman–Crippen MR) is 219 cm³/mol. The minimum atomic E-state index is -0.532. The highest BCUT2D eigenvalue weighted by Gasteiger charge is 2.13. The predicted octanol–water partition coefficient (Wildman–Crippen LogP) is 14.9. The van der Waals surface area contributed by atoms with Gasteiger partial charge in [-0.15, -0.1) is 0 Å². The van der Waals surface area contributed by atoms with Crippen LogP contribution in [0.1, 0.15) is 251 Å². The summed E-state index contributed by atoms with van der Waals surface area (Å²) >= 11 is 0. The molecule has 0 amide bonds. The summed E-state index contributed by atoms with van der Waals surface area (Å²) in [5, 5.41) is 9.60. The second-order valence-electron chi connectivity index (χ2n) is 15.5. The van der Waals surface area contributed by atoms with Gasteiger partial charge in [-0.05, 0) is 38.5 Å². The fraction of sp³-hybridized carbons (Fsp3) is 0.935. The molecular weight excluding hydrogens is 617 g/mol. The molecule has 0 saturated heterocycles. The van der Waals surface area contributed by atoms with Crippen molar-refractivity contribution in [2.24, 2.45) is 0 Å². The molecule has 1 atom stereocenters. The summed E-state index contributed by atoms with van der Waals surface area (Å²) in [5.41, 5.74) is 0. The van der Waals surface area contributed by atoms with Gasteiger partial charge in [-0.2, -0.15) is 0 Å². The van der Waals surface area contributed by atoms with Crippen LogP contribution in [0.3, 0.4) is 0 Å². The fourth-order valence-corrected chi connectivity index (χ4v) is 6.91. The van der Waals surface area contributed by atoms with E-state index in [1.807, 2.05) is 0 Å². The molecule has 1 N–H and O–H groups in total. The first-order valence-electron chi connectivity index (χ1n) is 22.8. The first-order chi connectivity index (χ1) is 24.7. The maximum Gasteiger partial charge on any atom is 0.306 e. The number of ether oxygens (including phenoxy) is 2. The lowest BCUT2D eigenvalue weighted by atomic mass is 10.0. The average Bonchev–Trinajstić information content (AvgIpc) is 3.12. The van der Waals surface area contributed by atoms with E-state index in [0.717, 1.165) is 19.3 Å². The second-order valence-corrected chi connectivity index (χ2v) is 15.5. The van der Waals surface area contributed by atoms with Crippen LogP contribution < -0.4 is 0 Å². The van der Waals surface area contributed by atoms with E-state index < -0.39 is 6.10 Å². The molecule has 0 rings (SSSR count). The zero-order valence-electron chi connectivity index (χ0n) is 34.2. The number of rotatable bonds is 43. The number of aliphatic hydroxyl groups is 1. The number of esters is 1.